The number of halogens is 1. The Morgan fingerprint density at radius 1 is 1.20 bits per heavy atom. The molecule has 0 bridgehead atoms. The van der Waals surface area contributed by atoms with Crippen LogP contribution in [0.3, 0.4) is 0 Å². The van der Waals surface area contributed by atoms with E-state index in [0.717, 1.165) is 12.8 Å². The highest BCUT2D eigenvalue weighted by atomic mass is 28.4. The van der Waals surface area contributed by atoms with E-state index >= 15 is 0 Å². The lowest BCUT2D eigenvalue weighted by atomic mass is 9.91. The van der Waals surface area contributed by atoms with Gasteiger partial charge in [0.2, 0.25) is 0 Å². The molecular weight excluding hydrogens is 279 g/mol. The van der Waals surface area contributed by atoms with Crippen molar-refractivity contribution in [2.45, 2.75) is 70.0 Å². The van der Waals surface area contributed by atoms with E-state index in [1.165, 1.54) is 0 Å². The van der Waals surface area contributed by atoms with Crippen molar-refractivity contribution >= 4 is 8.56 Å². The zero-order valence-corrected chi connectivity index (χ0v) is 13.6. The van der Waals surface area contributed by atoms with Gasteiger partial charge in [-0.25, -0.2) is 9.28 Å². The first kappa shape index (κ1) is 14.9. The number of hydrogen-bond donors (Lipinski definition) is 1. The molecule has 116 valence electrons. The van der Waals surface area contributed by atoms with Crippen LogP contribution in [0.5, 0.6) is 0 Å². The van der Waals surface area contributed by atoms with E-state index in [-0.39, 0.29) is 22.4 Å². The van der Waals surface area contributed by atoms with Crippen LogP contribution in [0.1, 0.15) is 40.5 Å². The van der Waals surface area contributed by atoms with Crippen molar-refractivity contribution in [3.05, 3.63) is 0 Å². The monoisotopic (exact) mass is 304 g/mol. The molecular formula is C14H25FO4Si. The van der Waals surface area contributed by atoms with Gasteiger partial charge < -0.3 is 9.53 Å². The maximum absolute atomic E-state index is 14.6. The van der Waals surface area contributed by atoms with Crippen LogP contribution < -0.4 is 0 Å². The summed E-state index contributed by atoms with van der Waals surface area (Å²) in [5, 5.41) is 10.2. The molecule has 0 aromatic carbocycles. The highest BCUT2D eigenvalue weighted by Crippen LogP contribution is 2.63. The van der Waals surface area contributed by atoms with E-state index in [9.17, 15) is 9.50 Å². The molecule has 3 aliphatic rings. The Kier molecular flexibility index (Phi) is 3.53. The van der Waals surface area contributed by atoms with Crippen LogP contribution in [0.15, 0.2) is 0 Å². The zero-order valence-electron chi connectivity index (χ0n) is 12.6. The van der Waals surface area contributed by atoms with Crippen LogP contribution in [-0.2, 0) is 13.9 Å². The van der Waals surface area contributed by atoms with Gasteiger partial charge in [-0.15, -0.1) is 0 Å². The number of alkyl halides is 1. The smallest absolute Gasteiger partial charge is 0.380 e. The average Bonchev–Trinajstić information content (AvgIpc) is 3.16. The van der Waals surface area contributed by atoms with Crippen LogP contribution in [0.2, 0.25) is 11.1 Å². The SMILES string of the molecule is CC(C)[Si]1(C(C)C)OOC[C@@H]2C(O1)C(F)C(O)C21CC1. The highest BCUT2D eigenvalue weighted by molar-refractivity contribution is 6.70. The molecule has 2 saturated carbocycles. The third kappa shape index (κ3) is 1.85. The molecule has 2 aliphatic carbocycles. The van der Waals surface area contributed by atoms with Gasteiger partial charge in [0.15, 0.2) is 6.17 Å². The maximum atomic E-state index is 14.6. The molecule has 4 atom stereocenters. The van der Waals surface area contributed by atoms with E-state index in [4.69, 9.17) is 13.9 Å². The number of hydrogen-bond acceptors (Lipinski definition) is 4. The fourth-order valence-electron chi connectivity index (χ4n) is 4.05. The van der Waals surface area contributed by atoms with Crippen molar-refractivity contribution in [1.82, 2.24) is 0 Å². The Balaban J connectivity index is 1.92. The van der Waals surface area contributed by atoms with Gasteiger partial charge in [0.1, 0.15) is 0 Å². The van der Waals surface area contributed by atoms with Gasteiger partial charge in [0.05, 0.1) is 18.8 Å². The third-order valence-corrected chi connectivity index (χ3v) is 9.77. The summed E-state index contributed by atoms with van der Waals surface area (Å²) in [6.07, 6.45) is -1.09. The molecule has 1 aliphatic heterocycles. The minimum atomic E-state index is -2.65. The van der Waals surface area contributed by atoms with E-state index < -0.39 is 26.9 Å². The number of aliphatic hydroxyl groups excluding tert-OH is 1. The van der Waals surface area contributed by atoms with Gasteiger partial charge in [0.25, 0.3) is 0 Å². The summed E-state index contributed by atoms with van der Waals surface area (Å²) in [7, 11) is -2.65. The van der Waals surface area contributed by atoms with Crippen molar-refractivity contribution < 1.29 is 23.4 Å². The number of fused-ring (bicyclic) bond motifs is 2. The quantitative estimate of drug-likeness (QED) is 0.629. The Morgan fingerprint density at radius 3 is 2.30 bits per heavy atom. The molecule has 4 nitrogen and oxygen atoms in total. The van der Waals surface area contributed by atoms with Crippen LogP contribution in [0.4, 0.5) is 4.39 Å². The lowest BCUT2D eigenvalue weighted by Gasteiger charge is -2.36. The summed E-state index contributed by atoms with van der Waals surface area (Å²) < 4.78 is 26.6. The van der Waals surface area contributed by atoms with Crippen molar-refractivity contribution in [2.24, 2.45) is 11.3 Å². The minimum Gasteiger partial charge on any atom is -0.389 e. The Bertz CT molecular complexity index is 377. The van der Waals surface area contributed by atoms with Gasteiger partial charge in [-0.1, -0.05) is 27.7 Å². The summed E-state index contributed by atoms with van der Waals surface area (Å²) in [6, 6.07) is 0. The van der Waals surface area contributed by atoms with Crippen molar-refractivity contribution in [1.29, 1.82) is 0 Å². The Morgan fingerprint density at radius 2 is 1.80 bits per heavy atom. The van der Waals surface area contributed by atoms with E-state index in [0.29, 0.717) is 6.61 Å². The van der Waals surface area contributed by atoms with Gasteiger partial charge in [-0.05, 0) is 23.9 Å². The molecule has 1 spiro atoms. The van der Waals surface area contributed by atoms with E-state index in [1.54, 1.807) is 0 Å². The zero-order chi connectivity index (χ0) is 14.7. The first-order valence-electron chi connectivity index (χ1n) is 7.66. The standard InChI is InChI=1S/C14H25FO4Si/c1-8(2)20(9(3)4)18-12-10(7-17-19-20)14(5-6-14)13(16)11(12)15/h8-13,16H,5-7H2,1-4H3/t10-,11?,12?,13?/m1/s1. The topological polar surface area (TPSA) is 47.9 Å². The summed E-state index contributed by atoms with van der Waals surface area (Å²) in [5.41, 5.74) is 0.00833. The van der Waals surface area contributed by atoms with Crippen molar-refractivity contribution in [3.8, 4) is 0 Å². The Labute approximate surface area is 120 Å². The molecule has 3 fully saturated rings. The predicted octanol–water partition coefficient (Wildman–Crippen LogP) is 2.70. The molecule has 1 saturated heterocycles. The van der Waals surface area contributed by atoms with Gasteiger partial charge in [-0.2, -0.15) is 0 Å². The second-order valence-corrected chi connectivity index (χ2v) is 11.4. The molecule has 6 heteroatoms. The molecule has 1 heterocycles. The molecule has 3 rings (SSSR count). The second kappa shape index (κ2) is 4.74. The molecule has 0 aromatic rings. The summed E-state index contributed by atoms with van der Waals surface area (Å²) in [6.45, 7) is 8.50. The minimum absolute atomic E-state index is 0.0839. The number of rotatable bonds is 2. The first-order chi connectivity index (χ1) is 9.35. The number of aliphatic hydroxyl groups is 1. The third-order valence-electron chi connectivity index (χ3n) is 5.53. The largest absolute Gasteiger partial charge is 0.389 e. The Hall–Kier alpha value is -0.0131. The van der Waals surface area contributed by atoms with Crippen LogP contribution in [-0.4, -0.2) is 38.7 Å². The summed E-state index contributed by atoms with van der Waals surface area (Å²) >= 11 is 0. The first-order valence-corrected chi connectivity index (χ1v) is 9.63. The fourth-order valence-corrected chi connectivity index (χ4v) is 7.32. The van der Waals surface area contributed by atoms with Crippen molar-refractivity contribution in [2.75, 3.05) is 6.61 Å². The van der Waals surface area contributed by atoms with E-state index in [1.807, 2.05) is 27.7 Å². The second-order valence-electron chi connectivity index (χ2n) is 7.21. The predicted molar refractivity (Wildman–Crippen MR) is 73.9 cm³/mol. The van der Waals surface area contributed by atoms with Gasteiger partial charge in [-0.3, -0.25) is 4.58 Å². The molecule has 20 heavy (non-hydrogen) atoms. The van der Waals surface area contributed by atoms with Crippen LogP contribution in [0, 0.1) is 11.3 Å². The van der Waals surface area contributed by atoms with Crippen molar-refractivity contribution in [3.63, 3.8) is 0 Å². The summed E-state index contributed by atoms with van der Waals surface area (Å²) in [4.78, 5) is 5.48. The molecule has 3 unspecified atom stereocenters. The normalized spacial score (nSPS) is 42.0. The highest BCUT2D eigenvalue weighted by Gasteiger charge is 2.69. The molecule has 0 radical (unpaired) electrons. The molecule has 0 amide bonds. The summed E-state index contributed by atoms with van der Waals surface area (Å²) in [5.74, 6) is -0.0839. The van der Waals surface area contributed by atoms with Gasteiger partial charge >= 0.3 is 8.56 Å². The van der Waals surface area contributed by atoms with Gasteiger partial charge in [0, 0.05) is 11.3 Å². The fraction of sp³-hybridized carbons (Fsp3) is 1.00. The molecule has 0 aromatic heterocycles. The average molecular weight is 304 g/mol. The maximum Gasteiger partial charge on any atom is 0.380 e. The van der Waals surface area contributed by atoms with Crippen LogP contribution >= 0.6 is 0 Å². The lowest BCUT2D eigenvalue weighted by molar-refractivity contribution is -0.235. The van der Waals surface area contributed by atoms with E-state index in [2.05, 4.69) is 0 Å². The lowest BCUT2D eigenvalue weighted by Crippen LogP contribution is -2.51. The molecule has 1 N–H and O–H groups in total. The van der Waals surface area contributed by atoms with Crippen LogP contribution in [0.25, 0.3) is 0 Å².